The first-order valence-electron chi connectivity index (χ1n) is 4.69. The van der Waals surface area contributed by atoms with Crippen LogP contribution >= 0.6 is 38.5 Å². The standard InChI is InChI=1S/C10H10BrIN2O/c11-5-7-4-9(15)14(6-7)10-8(12)2-1-3-13-10/h1-3,7H,4-6H2. The number of carbonyl (C=O) groups is 1. The van der Waals surface area contributed by atoms with Crippen LogP contribution in [0.2, 0.25) is 0 Å². The number of anilines is 1. The third-order valence-corrected chi connectivity index (χ3v) is 4.18. The van der Waals surface area contributed by atoms with E-state index in [2.05, 4.69) is 43.5 Å². The van der Waals surface area contributed by atoms with Crippen molar-refractivity contribution in [2.75, 3.05) is 16.8 Å². The van der Waals surface area contributed by atoms with Crippen LogP contribution in [0.5, 0.6) is 0 Å². The molecular formula is C10H10BrIN2O. The molecule has 0 spiro atoms. The van der Waals surface area contributed by atoms with E-state index in [4.69, 9.17) is 0 Å². The lowest BCUT2D eigenvalue weighted by molar-refractivity contribution is -0.117. The van der Waals surface area contributed by atoms with E-state index in [0.717, 1.165) is 21.3 Å². The minimum atomic E-state index is 0.177. The molecule has 2 rings (SSSR count). The number of nitrogens with zero attached hydrogens (tertiary/aromatic N) is 2. The number of alkyl halides is 1. The van der Waals surface area contributed by atoms with Gasteiger partial charge < -0.3 is 0 Å². The fourth-order valence-corrected chi connectivity index (χ4v) is 2.74. The van der Waals surface area contributed by atoms with Gasteiger partial charge in [0.05, 0.1) is 3.57 Å². The fraction of sp³-hybridized carbons (Fsp3) is 0.400. The smallest absolute Gasteiger partial charge is 0.228 e. The topological polar surface area (TPSA) is 33.2 Å². The van der Waals surface area contributed by atoms with Crippen molar-refractivity contribution in [3.8, 4) is 0 Å². The molecule has 1 unspecified atom stereocenters. The first-order valence-corrected chi connectivity index (χ1v) is 6.89. The lowest BCUT2D eigenvalue weighted by atomic mass is 10.2. The lowest BCUT2D eigenvalue weighted by Crippen LogP contribution is -2.26. The van der Waals surface area contributed by atoms with Gasteiger partial charge in [0.25, 0.3) is 0 Å². The number of pyridine rings is 1. The highest BCUT2D eigenvalue weighted by Crippen LogP contribution is 2.27. The second-order valence-corrected chi connectivity index (χ2v) is 5.35. The van der Waals surface area contributed by atoms with Gasteiger partial charge in [0.1, 0.15) is 5.82 Å². The van der Waals surface area contributed by atoms with Gasteiger partial charge in [-0.15, -0.1) is 0 Å². The molecule has 0 N–H and O–H groups in total. The van der Waals surface area contributed by atoms with Crippen LogP contribution in [0.25, 0.3) is 0 Å². The molecule has 0 saturated carbocycles. The van der Waals surface area contributed by atoms with Crippen LogP contribution < -0.4 is 4.90 Å². The Balaban J connectivity index is 2.25. The molecule has 3 nitrogen and oxygen atoms in total. The Morgan fingerprint density at radius 3 is 3.07 bits per heavy atom. The van der Waals surface area contributed by atoms with Crippen molar-refractivity contribution in [2.24, 2.45) is 5.92 Å². The number of hydrogen-bond donors (Lipinski definition) is 0. The summed E-state index contributed by atoms with van der Waals surface area (Å²) in [4.78, 5) is 17.8. The average Bonchev–Trinajstić information content (AvgIpc) is 2.60. The van der Waals surface area contributed by atoms with Crippen molar-refractivity contribution in [3.63, 3.8) is 0 Å². The van der Waals surface area contributed by atoms with Crippen LogP contribution in [-0.2, 0) is 4.79 Å². The summed E-state index contributed by atoms with van der Waals surface area (Å²) in [6.07, 6.45) is 2.35. The maximum Gasteiger partial charge on any atom is 0.228 e. The molecule has 0 aliphatic carbocycles. The molecule has 1 aromatic rings. The molecule has 5 heteroatoms. The number of halogens is 2. The molecule has 1 atom stereocenters. The summed E-state index contributed by atoms with van der Waals surface area (Å²) in [5.41, 5.74) is 0. The van der Waals surface area contributed by atoms with Gasteiger partial charge in [-0.05, 0) is 40.6 Å². The summed E-state index contributed by atoms with van der Waals surface area (Å²) in [5, 5.41) is 0.874. The monoisotopic (exact) mass is 380 g/mol. The molecule has 0 bridgehead atoms. The minimum Gasteiger partial charge on any atom is -0.296 e. The van der Waals surface area contributed by atoms with Gasteiger partial charge in [0.2, 0.25) is 5.91 Å². The zero-order valence-electron chi connectivity index (χ0n) is 7.99. The highest BCUT2D eigenvalue weighted by Gasteiger charge is 2.31. The van der Waals surface area contributed by atoms with E-state index in [-0.39, 0.29) is 5.91 Å². The maximum atomic E-state index is 11.8. The predicted octanol–water partition coefficient (Wildman–Crippen LogP) is 2.43. The molecule has 1 aliphatic rings. The van der Waals surface area contributed by atoms with Crippen LogP contribution in [0.3, 0.4) is 0 Å². The average molecular weight is 381 g/mol. The van der Waals surface area contributed by atoms with Crippen molar-refractivity contribution >= 4 is 50.2 Å². The van der Waals surface area contributed by atoms with Gasteiger partial charge in [-0.25, -0.2) is 4.98 Å². The van der Waals surface area contributed by atoms with Crippen molar-refractivity contribution in [2.45, 2.75) is 6.42 Å². The van der Waals surface area contributed by atoms with Crippen molar-refractivity contribution in [1.82, 2.24) is 4.98 Å². The number of carbonyl (C=O) groups excluding carboxylic acids is 1. The molecule has 1 fully saturated rings. The second-order valence-electron chi connectivity index (χ2n) is 3.54. The van der Waals surface area contributed by atoms with Crippen molar-refractivity contribution in [1.29, 1.82) is 0 Å². The highest BCUT2D eigenvalue weighted by molar-refractivity contribution is 14.1. The molecule has 1 aliphatic heterocycles. The Kier molecular flexibility index (Phi) is 3.60. The van der Waals surface area contributed by atoms with Gasteiger partial charge in [0.15, 0.2) is 0 Å². The largest absolute Gasteiger partial charge is 0.296 e. The second kappa shape index (κ2) is 4.78. The summed E-state index contributed by atoms with van der Waals surface area (Å²) in [5.74, 6) is 1.39. The molecule has 1 saturated heterocycles. The van der Waals surface area contributed by atoms with Gasteiger partial charge in [-0.2, -0.15) is 0 Å². The number of amides is 1. The van der Waals surface area contributed by atoms with E-state index in [1.165, 1.54) is 0 Å². The predicted molar refractivity (Wildman–Crippen MR) is 71.2 cm³/mol. The van der Waals surface area contributed by atoms with E-state index < -0.39 is 0 Å². The zero-order valence-corrected chi connectivity index (χ0v) is 11.7. The molecule has 0 radical (unpaired) electrons. The normalized spacial score (nSPS) is 21.1. The number of rotatable bonds is 2. The van der Waals surface area contributed by atoms with E-state index >= 15 is 0 Å². The highest BCUT2D eigenvalue weighted by atomic mass is 127. The van der Waals surface area contributed by atoms with Crippen LogP contribution in [0.15, 0.2) is 18.3 Å². The summed E-state index contributed by atoms with van der Waals surface area (Å²) >= 11 is 5.63. The molecule has 80 valence electrons. The SMILES string of the molecule is O=C1CC(CBr)CN1c1ncccc1I. The van der Waals surface area contributed by atoms with Gasteiger partial charge in [-0.1, -0.05) is 15.9 Å². The van der Waals surface area contributed by atoms with E-state index in [1.54, 1.807) is 11.1 Å². The Bertz CT molecular complexity index is 385. The fourth-order valence-electron chi connectivity index (χ4n) is 1.67. The van der Waals surface area contributed by atoms with Crippen LogP contribution in [0.4, 0.5) is 5.82 Å². The van der Waals surface area contributed by atoms with Crippen molar-refractivity contribution in [3.05, 3.63) is 21.9 Å². The van der Waals surface area contributed by atoms with Crippen LogP contribution in [0, 0.1) is 9.49 Å². The number of aromatic nitrogens is 1. The van der Waals surface area contributed by atoms with Crippen LogP contribution in [0.1, 0.15) is 6.42 Å². The molecule has 1 amide bonds. The van der Waals surface area contributed by atoms with E-state index in [0.29, 0.717) is 12.3 Å². The summed E-state index contributed by atoms with van der Waals surface area (Å²) in [6.45, 7) is 0.775. The third-order valence-electron chi connectivity index (χ3n) is 2.42. The minimum absolute atomic E-state index is 0.177. The Morgan fingerprint density at radius 2 is 2.47 bits per heavy atom. The summed E-state index contributed by atoms with van der Waals surface area (Å²) < 4.78 is 1.03. The van der Waals surface area contributed by atoms with Gasteiger partial charge in [-0.3, -0.25) is 9.69 Å². The maximum absolute atomic E-state index is 11.8. The quantitative estimate of drug-likeness (QED) is 0.583. The zero-order chi connectivity index (χ0) is 10.8. The molecule has 1 aromatic heterocycles. The third kappa shape index (κ3) is 2.33. The van der Waals surface area contributed by atoms with Crippen LogP contribution in [-0.4, -0.2) is 22.8 Å². The lowest BCUT2D eigenvalue weighted by Gasteiger charge is -2.16. The van der Waals surface area contributed by atoms with Crippen molar-refractivity contribution < 1.29 is 4.79 Å². The number of hydrogen-bond acceptors (Lipinski definition) is 2. The van der Waals surface area contributed by atoms with Gasteiger partial charge >= 0.3 is 0 Å². The summed E-state index contributed by atoms with van der Waals surface area (Å²) in [7, 11) is 0. The molecule has 15 heavy (non-hydrogen) atoms. The Morgan fingerprint density at radius 1 is 1.67 bits per heavy atom. The summed E-state index contributed by atoms with van der Waals surface area (Å²) in [6, 6.07) is 3.85. The Hall–Kier alpha value is -0.170. The molecular weight excluding hydrogens is 371 g/mol. The Labute approximate surface area is 111 Å². The molecule has 0 aromatic carbocycles. The molecule has 2 heterocycles. The first kappa shape index (κ1) is 11.3. The first-order chi connectivity index (χ1) is 7.22. The van der Waals surface area contributed by atoms with E-state index in [9.17, 15) is 4.79 Å². The van der Waals surface area contributed by atoms with Gasteiger partial charge in [0, 0.05) is 24.5 Å². The van der Waals surface area contributed by atoms with E-state index in [1.807, 2.05) is 12.1 Å².